The number of rotatable bonds is 1. The van der Waals surface area contributed by atoms with E-state index in [-0.39, 0.29) is 0 Å². The van der Waals surface area contributed by atoms with Crippen LogP contribution in [0.3, 0.4) is 0 Å². The van der Waals surface area contributed by atoms with Crippen LogP contribution in [-0.2, 0) is 0 Å². The summed E-state index contributed by atoms with van der Waals surface area (Å²) in [7, 11) is 1.90. The molecule has 0 aromatic heterocycles. The second-order valence-electron chi connectivity index (χ2n) is 1.76. The Bertz CT molecular complexity index is 199. The van der Waals surface area contributed by atoms with Gasteiger partial charge in [-0.05, 0) is 18.2 Å². The van der Waals surface area contributed by atoms with Gasteiger partial charge in [-0.3, -0.25) is 0 Å². The van der Waals surface area contributed by atoms with Gasteiger partial charge in [-0.1, -0.05) is 35.8 Å². The summed E-state index contributed by atoms with van der Waals surface area (Å²) in [5, 5.41) is 3.04. The second-order valence-corrected chi connectivity index (χ2v) is 2.68. The summed E-state index contributed by atoms with van der Waals surface area (Å²) in [6, 6.07) is 8.04. The lowest BCUT2D eigenvalue weighted by molar-refractivity contribution is 1.50. The van der Waals surface area contributed by atoms with E-state index in [1.165, 1.54) is 0 Å². The van der Waals surface area contributed by atoms with Crippen molar-refractivity contribution in [2.75, 3.05) is 12.4 Å². The van der Waals surface area contributed by atoms with Crippen LogP contribution in [0, 0.1) is 0 Å². The molecule has 1 rings (SSSR count). The van der Waals surface area contributed by atoms with Crippen LogP contribution in [0.1, 0.15) is 13.8 Å². The molecule has 0 atom stereocenters. The zero-order valence-corrected chi connectivity index (χ0v) is 8.77. The van der Waals surface area contributed by atoms with Gasteiger partial charge in [0.25, 0.3) is 0 Å². The Morgan fingerprint density at radius 2 is 1.91 bits per heavy atom. The molecule has 0 saturated carbocycles. The normalized spacial score (nSPS) is 8.00. The number of hydrogen-bond donors (Lipinski definition) is 1. The number of anilines is 1. The highest BCUT2D eigenvalue weighted by Gasteiger charge is 1.86. The van der Waals surface area contributed by atoms with Gasteiger partial charge in [0.2, 0.25) is 0 Å². The van der Waals surface area contributed by atoms with Crippen LogP contribution in [0.15, 0.2) is 28.7 Å². The highest BCUT2D eigenvalue weighted by Crippen LogP contribution is 2.14. The fourth-order valence-corrected chi connectivity index (χ4v) is 1.04. The van der Waals surface area contributed by atoms with E-state index in [4.69, 9.17) is 0 Å². The van der Waals surface area contributed by atoms with Crippen molar-refractivity contribution in [2.24, 2.45) is 0 Å². The molecule has 0 amide bonds. The van der Waals surface area contributed by atoms with Gasteiger partial charge in [0.15, 0.2) is 0 Å². The van der Waals surface area contributed by atoms with Crippen molar-refractivity contribution in [1.82, 2.24) is 0 Å². The van der Waals surface area contributed by atoms with Gasteiger partial charge in [-0.2, -0.15) is 0 Å². The van der Waals surface area contributed by atoms with Crippen LogP contribution < -0.4 is 5.32 Å². The van der Waals surface area contributed by atoms with Crippen LogP contribution in [0.5, 0.6) is 0 Å². The summed E-state index contributed by atoms with van der Waals surface area (Å²) in [5.74, 6) is 0. The van der Waals surface area contributed by atoms with Crippen LogP contribution in [-0.4, -0.2) is 7.05 Å². The molecule has 0 spiro atoms. The SMILES string of the molecule is CC.CNc1cccc(Br)c1. The third kappa shape index (κ3) is 4.04. The molecule has 11 heavy (non-hydrogen) atoms. The molecule has 62 valence electrons. The van der Waals surface area contributed by atoms with Crippen molar-refractivity contribution in [3.05, 3.63) is 28.7 Å². The molecular weight excluding hydrogens is 202 g/mol. The second kappa shape index (κ2) is 6.23. The van der Waals surface area contributed by atoms with E-state index in [2.05, 4.69) is 21.2 Å². The fraction of sp³-hybridized carbons (Fsp3) is 0.333. The number of hydrogen-bond acceptors (Lipinski definition) is 1. The Labute approximate surface area is 76.9 Å². The average molecular weight is 216 g/mol. The van der Waals surface area contributed by atoms with E-state index in [0.717, 1.165) is 10.2 Å². The molecule has 1 N–H and O–H groups in total. The molecule has 0 radical (unpaired) electrons. The molecule has 0 saturated heterocycles. The predicted octanol–water partition coefficient (Wildman–Crippen LogP) is 3.52. The summed E-state index contributed by atoms with van der Waals surface area (Å²) in [5.41, 5.74) is 1.13. The molecule has 2 heteroatoms. The first kappa shape index (κ1) is 10.5. The molecule has 1 nitrogen and oxygen atoms in total. The molecule has 0 aliphatic carbocycles. The average Bonchev–Trinajstić information content (AvgIpc) is 2.08. The fourth-order valence-electron chi connectivity index (χ4n) is 0.644. The third-order valence-electron chi connectivity index (χ3n) is 1.11. The molecule has 0 unspecified atom stereocenters. The largest absolute Gasteiger partial charge is 0.388 e. The summed E-state index contributed by atoms with van der Waals surface area (Å²) < 4.78 is 1.11. The molecular formula is C9H14BrN. The smallest absolute Gasteiger partial charge is 0.0348 e. The standard InChI is InChI=1S/C7H8BrN.C2H6/c1-9-7-4-2-3-6(8)5-7;1-2/h2-5,9H,1H3;1-2H3. The highest BCUT2D eigenvalue weighted by atomic mass is 79.9. The van der Waals surface area contributed by atoms with E-state index in [9.17, 15) is 0 Å². The lowest BCUT2D eigenvalue weighted by Gasteiger charge is -1.97. The lowest BCUT2D eigenvalue weighted by Crippen LogP contribution is -1.85. The molecule has 0 aliphatic rings. The van der Waals surface area contributed by atoms with E-state index >= 15 is 0 Å². The van der Waals surface area contributed by atoms with Crippen LogP contribution in [0.2, 0.25) is 0 Å². The highest BCUT2D eigenvalue weighted by molar-refractivity contribution is 9.10. The van der Waals surface area contributed by atoms with Crippen molar-refractivity contribution in [1.29, 1.82) is 0 Å². The summed E-state index contributed by atoms with van der Waals surface area (Å²) in [6.45, 7) is 4.00. The number of nitrogens with one attached hydrogen (secondary N) is 1. The van der Waals surface area contributed by atoms with Crippen molar-refractivity contribution < 1.29 is 0 Å². The molecule has 1 aromatic rings. The van der Waals surface area contributed by atoms with Crippen molar-refractivity contribution in [3.63, 3.8) is 0 Å². The minimum Gasteiger partial charge on any atom is -0.388 e. The third-order valence-corrected chi connectivity index (χ3v) is 1.61. The van der Waals surface area contributed by atoms with Gasteiger partial charge in [-0.25, -0.2) is 0 Å². The van der Waals surface area contributed by atoms with E-state index in [0.29, 0.717) is 0 Å². The molecule has 0 heterocycles. The quantitative estimate of drug-likeness (QED) is 0.757. The van der Waals surface area contributed by atoms with Gasteiger partial charge < -0.3 is 5.32 Å². The van der Waals surface area contributed by atoms with Crippen LogP contribution in [0.25, 0.3) is 0 Å². The summed E-state index contributed by atoms with van der Waals surface area (Å²) in [4.78, 5) is 0. The minimum absolute atomic E-state index is 1.11. The van der Waals surface area contributed by atoms with Gasteiger partial charge in [0.05, 0.1) is 0 Å². The maximum Gasteiger partial charge on any atom is 0.0348 e. The van der Waals surface area contributed by atoms with Crippen LogP contribution in [0.4, 0.5) is 5.69 Å². The molecule has 0 bridgehead atoms. The topological polar surface area (TPSA) is 12.0 Å². The number of halogens is 1. The van der Waals surface area contributed by atoms with Gasteiger partial charge in [-0.15, -0.1) is 0 Å². The minimum atomic E-state index is 1.11. The molecule has 0 aliphatic heterocycles. The zero-order chi connectivity index (χ0) is 8.69. The Morgan fingerprint density at radius 3 is 2.27 bits per heavy atom. The van der Waals surface area contributed by atoms with Crippen molar-refractivity contribution in [3.8, 4) is 0 Å². The number of benzene rings is 1. The lowest BCUT2D eigenvalue weighted by atomic mass is 10.3. The summed E-state index contributed by atoms with van der Waals surface area (Å²) in [6.07, 6.45) is 0. The maximum absolute atomic E-state index is 3.36. The Kier molecular flexibility index (Phi) is 5.94. The predicted molar refractivity (Wildman–Crippen MR) is 55.0 cm³/mol. The first-order valence-electron chi connectivity index (χ1n) is 3.76. The first-order valence-corrected chi connectivity index (χ1v) is 4.55. The monoisotopic (exact) mass is 215 g/mol. The van der Waals surface area contributed by atoms with Crippen molar-refractivity contribution in [2.45, 2.75) is 13.8 Å². The zero-order valence-electron chi connectivity index (χ0n) is 7.19. The van der Waals surface area contributed by atoms with E-state index in [1.807, 2.05) is 45.2 Å². The Balaban J connectivity index is 0.000000461. The first-order chi connectivity index (χ1) is 5.33. The molecule has 0 fully saturated rings. The summed E-state index contributed by atoms with van der Waals surface area (Å²) >= 11 is 3.36. The van der Waals surface area contributed by atoms with Gasteiger partial charge in [0, 0.05) is 17.2 Å². The van der Waals surface area contributed by atoms with Gasteiger partial charge >= 0.3 is 0 Å². The van der Waals surface area contributed by atoms with Crippen molar-refractivity contribution >= 4 is 21.6 Å². The maximum atomic E-state index is 3.36. The van der Waals surface area contributed by atoms with E-state index < -0.39 is 0 Å². The van der Waals surface area contributed by atoms with Gasteiger partial charge in [0.1, 0.15) is 0 Å². The Morgan fingerprint density at radius 1 is 1.27 bits per heavy atom. The Hall–Kier alpha value is -0.500. The van der Waals surface area contributed by atoms with E-state index in [1.54, 1.807) is 0 Å². The van der Waals surface area contributed by atoms with Crippen LogP contribution >= 0.6 is 15.9 Å². The molecule has 1 aromatic carbocycles.